The third-order valence-corrected chi connectivity index (χ3v) is 4.89. The van der Waals surface area contributed by atoms with E-state index in [9.17, 15) is 14.4 Å². The summed E-state index contributed by atoms with van der Waals surface area (Å²) in [5, 5.41) is 2.61. The van der Waals surface area contributed by atoms with Crippen molar-refractivity contribution >= 4 is 52.2 Å². The highest BCUT2D eigenvalue weighted by Crippen LogP contribution is 2.32. The number of halogens is 1. The van der Waals surface area contributed by atoms with Gasteiger partial charge in [0.15, 0.2) is 0 Å². The van der Waals surface area contributed by atoms with Crippen LogP contribution in [0, 0.1) is 0 Å². The number of hydrogen-bond donors (Lipinski definition) is 1. The molecule has 0 spiro atoms. The number of carbonyl (C=O) groups is 3. The van der Waals surface area contributed by atoms with E-state index in [0.717, 1.165) is 22.2 Å². The summed E-state index contributed by atoms with van der Waals surface area (Å²) in [4.78, 5) is 38.1. The van der Waals surface area contributed by atoms with Crippen LogP contribution in [0.25, 0.3) is 6.08 Å². The van der Waals surface area contributed by atoms with Crippen molar-refractivity contribution in [2.24, 2.45) is 0 Å². The fourth-order valence-corrected chi connectivity index (χ4v) is 3.59. The van der Waals surface area contributed by atoms with E-state index in [0.29, 0.717) is 23.1 Å². The molecule has 8 heteroatoms. The maximum atomic E-state index is 12.6. The first kappa shape index (κ1) is 20.0. The molecule has 0 atom stereocenters. The smallest absolute Gasteiger partial charge is 0.294 e. The highest BCUT2D eigenvalue weighted by Gasteiger charge is 2.36. The minimum atomic E-state index is -0.502. The molecule has 2 aromatic carbocycles. The number of imide groups is 1. The van der Waals surface area contributed by atoms with Gasteiger partial charge >= 0.3 is 0 Å². The van der Waals surface area contributed by atoms with Crippen LogP contribution < -0.4 is 10.1 Å². The molecule has 1 fully saturated rings. The van der Waals surface area contributed by atoms with Crippen molar-refractivity contribution in [1.82, 2.24) is 4.90 Å². The molecule has 0 radical (unpaired) electrons. The number of thioether (sulfide) groups is 1. The molecule has 2 aromatic rings. The predicted octanol–water partition coefficient (Wildman–Crippen LogP) is 4.41. The fourth-order valence-electron chi connectivity index (χ4n) is 2.56. The molecule has 1 saturated heterocycles. The lowest BCUT2D eigenvalue weighted by Gasteiger charge is -2.12. The molecule has 144 valence electrons. The largest absolute Gasteiger partial charge is 0.494 e. The minimum Gasteiger partial charge on any atom is -0.494 e. The normalized spacial score (nSPS) is 15.2. The van der Waals surface area contributed by atoms with Gasteiger partial charge in [0.25, 0.3) is 11.1 Å². The van der Waals surface area contributed by atoms with Crippen LogP contribution in [0.2, 0.25) is 5.02 Å². The summed E-state index contributed by atoms with van der Waals surface area (Å²) in [5.41, 5.74) is 1.23. The van der Waals surface area contributed by atoms with E-state index in [1.807, 2.05) is 19.1 Å². The zero-order valence-electron chi connectivity index (χ0n) is 15.0. The first-order valence-electron chi connectivity index (χ1n) is 8.50. The highest BCUT2D eigenvalue weighted by molar-refractivity contribution is 8.18. The van der Waals surface area contributed by atoms with Gasteiger partial charge in [-0.25, -0.2) is 0 Å². The van der Waals surface area contributed by atoms with Gasteiger partial charge in [-0.3, -0.25) is 19.3 Å². The van der Waals surface area contributed by atoms with E-state index >= 15 is 0 Å². The minimum absolute atomic E-state index is 0.259. The zero-order chi connectivity index (χ0) is 20.1. The maximum Gasteiger partial charge on any atom is 0.294 e. The van der Waals surface area contributed by atoms with Crippen molar-refractivity contribution in [2.45, 2.75) is 6.92 Å². The second kappa shape index (κ2) is 8.95. The fraction of sp³-hybridized carbons (Fsp3) is 0.150. The Balaban J connectivity index is 1.69. The van der Waals surface area contributed by atoms with Crippen LogP contribution in [0.15, 0.2) is 53.4 Å². The molecule has 1 aliphatic rings. The van der Waals surface area contributed by atoms with Gasteiger partial charge in [-0.15, -0.1) is 0 Å². The molecular formula is C20H17ClN2O4S. The first-order chi connectivity index (χ1) is 13.5. The molecule has 1 aliphatic heterocycles. The van der Waals surface area contributed by atoms with Gasteiger partial charge in [-0.2, -0.15) is 0 Å². The number of amides is 3. The number of carbonyl (C=O) groups excluding carboxylic acids is 3. The average Bonchev–Trinajstić information content (AvgIpc) is 2.90. The standard InChI is InChI=1S/C20H17ClN2O4S/c1-2-27-16-8-3-5-13(9-16)10-17-19(25)23(20(26)28-17)12-18(24)22-15-7-4-6-14(21)11-15/h3-11H,2,12H2,1H3,(H,22,24)/b17-10-. The summed E-state index contributed by atoms with van der Waals surface area (Å²) in [6, 6.07) is 13.8. The van der Waals surface area contributed by atoms with Crippen LogP contribution in [0.1, 0.15) is 12.5 Å². The van der Waals surface area contributed by atoms with Crippen LogP contribution in [0.5, 0.6) is 5.75 Å². The van der Waals surface area contributed by atoms with Crippen LogP contribution >= 0.6 is 23.4 Å². The van der Waals surface area contributed by atoms with Crippen molar-refractivity contribution in [1.29, 1.82) is 0 Å². The molecule has 3 rings (SSSR count). The van der Waals surface area contributed by atoms with Gasteiger partial charge in [0.2, 0.25) is 5.91 Å². The predicted molar refractivity (Wildman–Crippen MR) is 110 cm³/mol. The van der Waals surface area contributed by atoms with Crippen LogP contribution in [-0.4, -0.2) is 35.1 Å². The van der Waals surface area contributed by atoms with E-state index < -0.39 is 17.1 Å². The number of nitrogens with one attached hydrogen (secondary N) is 1. The van der Waals surface area contributed by atoms with Crippen molar-refractivity contribution in [3.63, 3.8) is 0 Å². The number of benzene rings is 2. The quantitative estimate of drug-likeness (QED) is 0.706. The van der Waals surface area contributed by atoms with E-state index in [1.165, 1.54) is 0 Å². The molecule has 0 bridgehead atoms. The molecular weight excluding hydrogens is 400 g/mol. The summed E-state index contributed by atoms with van der Waals surface area (Å²) in [6.45, 7) is 2.04. The molecule has 0 aliphatic carbocycles. The summed E-state index contributed by atoms with van der Waals surface area (Å²) in [5.74, 6) is -0.307. The zero-order valence-corrected chi connectivity index (χ0v) is 16.5. The number of anilines is 1. The summed E-state index contributed by atoms with van der Waals surface area (Å²) < 4.78 is 5.44. The van der Waals surface area contributed by atoms with Crippen LogP contribution in [0.4, 0.5) is 10.5 Å². The highest BCUT2D eigenvalue weighted by atomic mass is 35.5. The SMILES string of the molecule is CCOc1cccc(/C=C2\SC(=O)N(CC(=O)Nc3cccc(Cl)c3)C2=O)c1. The Morgan fingerprint density at radius 3 is 2.75 bits per heavy atom. The second-order valence-corrected chi connectivity index (χ2v) is 7.26. The summed E-state index contributed by atoms with van der Waals surface area (Å²) in [7, 11) is 0. The maximum absolute atomic E-state index is 12.6. The molecule has 28 heavy (non-hydrogen) atoms. The summed E-state index contributed by atoms with van der Waals surface area (Å²) in [6.07, 6.45) is 1.61. The lowest BCUT2D eigenvalue weighted by Crippen LogP contribution is -2.36. The molecule has 1 N–H and O–H groups in total. The molecule has 0 saturated carbocycles. The first-order valence-corrected chi connectivity index (χ1v) is 9.69. The second-order valence-electron chi connectivity index (χ2n) is 5.83. The Morgan fingerprint density at radius 2 is 2.00 bits per heavy atom. The van der Waals surface area contributed by atoms with Crippen molar-refractivity contribution in [3.8, 4) is 5.75 Å². The molecule has 0 unspecified atom stereocenters. The monoisotopic (exact) mass is 416 g/mol. The Kier molecular flexibility index (Phi) is 6.38. The van der Waals surface area contributed by atoms with Crippen LogP contribution in [-0.2, 0) is 9.59 Å². The van der Waals surface area contributed by atoms with E-state index in [1.54, 1.807) is 42.5 Å². The third kappa shape index (κ3) is 4.94. The summed E-state index contributed by atoms with van der Waals surface area (Å²) >= 11 is 6.69. The third-order valence-electron chi connectivity index (χ3n) is 3.75. The lowest BCUT2D eigenvalue weighted by atomic mass is 10.2. The van der Waals surface area contributed by atoms with Crippen molar-refractivity contribution in [3.05, 3.63) is 64.0 Å². The molecule has 0 aromatic heterocycles. The van der Waals surface area contributed by atoms with Crippen molar-refractivity contribution < 1.29 is 19.1 Å². The molecule has 3 amide bonds. The van der Waals surface area contributed by atoms with Gasteiger partial charge in [-0.1, -0.05) is 29.8 Å². The topological polar surface area (TPSA) is 75.7 Å². The van der Waals surface area contributed by atoms with Gasteiger partial charge in [0, 0.05) is 10.7 Å². The number of hydrogen-bond acceptors (Lipinski definition) is 5. The average molecular weight is 417 g/mol. The molecule has 1 heterocycles. The van der Waals surface area contributed by atoms with Gasteiger partial charge < -0.3 is 10.1 Å². The van der Waals surface area contributed by atoms with E-state index in [-0.39, 0.29) is 11.4 Å². The lowest BCUT2D eigenvalue weighted by molar-refractivity contribution is -0.127. The number of rotatable bonds is 6. The van der Waals surface area contributed by atoms with Gasteiger partial charge in [0.1, 0.15) is 12.3 Å². The Hall–Kier alpha value is -2.77. The molecule has 6 nitrogen and oxygen atoms in total. The van der Waals surface area contributed by atoms with Crippen LogP contribution in [0.3, 0.4) is 0 Å². The van der Waals surface area contributed by atoms with Gasteiger partial charge in [0.05, 0.1) is 11.5 Å². The van der Waals surface area contributed by atoms with E-state index in [4.69, 9.17) is 16.3 Å². The Bertz CT molecular complexity index is 961. The number of ether oxygens (including phenoxy) is 1. The van der Waals surface area contributed by atoms with Gasteiger partial charge in [-0.05, 0) is 60.7 Å². The number of nitrogens with zero attached hydrogens (tertiary/aromatic N) is 1. The Morgan fingerprint density at radius 1 is 1.21 bits per heavy atom. The van der Waals surface area contributed by atoms with E-state index in [2.05, 4.69) is 5.32 Å². The van der Waals surface area contributed by atoms with Crippen molar-refractivity contribution in [2.75, 3.05) is 18.5 Å². The Labute approximate surface area is 171 Å².